The molecule has 0 amide bonds. The lowest BCUT2D eigenvalue weighted by Gasteiger charge is -2.23. The van der Waals surface area contributed by atoms with Crippen LogP contribution in [0.2, 0.25) is 0 Å². The van der Waals surface area contributed by atoms with Crippen LogP contribution in [0.3, 0.4) is 0 Å². The number of aromatic nitrogens is 1. The van der Waals surface area contributed by atoms with E-state index in [4.69, 9.17) is 5.73 Å². The number of benzene rings is 1. The van der Waals surface area contributed by atoms with Crippen molar-refractivity contribution in [3.8, 4) is 0 Å². The topological polar surface area (TPSA) is 42.1 Å². The normalized spacial score (nSPS) is 12.2. The van der Waals surface area contributed by atoms with E-state index in [1.54, 1.807) is 18.3 Å². The molecule has 3 nitrogen and oxygen atoms in total. The Morgan fingerprint density at radius 1 is 1.26 bits per heavy atom. The highest BCUT2D eigenvalue weighted by atomic mass is 19.1. The van der Waals surface area contributed by atoms with E-state index in [2.05, 4.69) is 4.98 Å². The molecule has 0 aliphatic heterocycles. The molecule has 0 aliphatic rings. The molecule has 19 heavy (non-hydrogen) atoms. The molecule has 0 spiro atoms. The zero-order valence-electron chi connectivity index (χ0n) is 11.2. The highest BCUT2D eigenvalue weighted by Gasteiger charge is 2.10. The van der Waals surface area contributed by atoms with Crippen molar-refractivity contribution in [3.05, 3.63) is 54.0 Å². The lowest BCUT2D eigenvalue weighted by molar-refractivity contribution is 0.628. The fraction of sp³-hybridized carbons (Fsp3) is 0.267. The summed E-state index contributed by atoms with van der Waals surface area (Å²) in [6.07, 6.45) is 1.75. The van der Waals surface area contributed by atoms with Gasteiger partial charge in [-0.1, -0.05) is 0 Å². The maximum absolute atomic E-state index is 13.0. The lowest BCUT2D eigenvalue weighted by atomic mass is 10.1. The van der Waals surface area contributed by atoms with Gasteiger partial charge in [0.15, 0.2) is 0 Å². The molecule has 0 saturated carbocycles. The molecule has 0 radical (unpaired) electrons. The molecule has 1 aromatic heterocycles. The van der Waals surface area contributed by atoms with E-state index in [9.17, 15) is 4.39 Å². The van der Waals surface area contributed by atoms with Crippen LogP contribution in [0, 0.1) is 5.82 Å². The number of anilines is 2. The molecule has 0 unspecified atom stereocenters. The summed E-state index contributed by atoms with van der Waals surface area (Å²) in [5, 5.41) is 0. The average molecular weight is 259 g/mol. The largest absolute Gasteiger partial charge is 0.327 e. The number of halogens is 1. The van der Waals surface area contributed by atoms with Gasteiger partial charge in [-0.2, -0.15) is 0 Å². The molecular weight excluding hydrogens is 241 g/mol. The molecule has 2 aromatic rings. The van der Waals surface area contributed by atoms with E-state index in [-0.39, 0.29) is 11.9 Å². The molecule has 100 valence electrons. The van der Waals surface area contributed by atoms with Crippen molar-refractivity contribution >= 4 is 11.5 Å². The van der Waals surface area contributed by atoms with Gasteiger partial charge >= 0.3 is 0 Å². The first kappa shape index (κ1) is 13.5. The molecule has 1 atom stereocenters. The van der Waals surface area contributed by atoms with Crippen LogP contribution < -0.4 is 10.6 Å². The fourth-order valence-corrected chi connectivity index (χ4v) is 1.96. The van der Waals surface area contributed by atoms with E-state index in [1.165, 1.54) is 12.1 Å². The number of hydrogen-bond acceptors (Lipinski definition) is 3. The minimum atomic E-state index is -0.239. The van der Waals surface area contributed by atoms with Crippen molar-refractivity contribution in [2.75, 3.05) is 11.4 Å². The van der Waals surface area contributed by atoms with Gasteiger partial charge in [-0.15, -0.1) is 0 Å². The first-order chi connectivity index (χ1) is 9.11. The second-order valence-electron chi connectivity index (χ2n) is 4.46. The Labute approximate surface area is 112 Å². The molecule has 0 aliphatic carbocycles. The Kier molecular flexibility index (Phi) is 4.12. The predicted octanol–water partition coefficient (Wildman–Crippen LogP) is 3.40. The van der Waals surface area contributed by atoms with Gasteiger partial charge in [0.2, 0.25) is 0 Å². The van der Waals surface area contributed by atoms with Crippen LogP contribution in [-0.2, 0) is 0 Å². The van der Waals surface area contributed by atoms with Gasteiger partial charge in [0.05, 0.1) is 0 Å². The maximum atomic E-state index is 13.0. The Morgan fingerprint density at radius 2 is 1.95 bits per heavy atom. The predicted molar refractivity (Wildman–Crippen MR) is 75.9 cm³/mol. The number of nitrogens with zero attached hydrogens (tertiary/aromatic N) is 2. The summed E-state index contributed by atoms with van der Waals surface area (Å²) in [6, 6.07) is 10.2. The van der Waals surface area contributed by atoms with E-state index in [0.29, 0.717) is 0 Å². The number of nitrogens with two attached hydrogens (primary N) is 1. The summed E-state index contributed by atoms with van der Waals surface area (Å²) in [6.45, 7) is 4.72. The third kappa shape index (κ3) is 3.09. The summed E-state index contributed by atoms with van der Waals surface area (Å²) in [4.78, 5) is 6.39. The Morgan fingerprint density at radius 3 is 2.53 bits per heavy atom. The van der Waals surface area contributed by atoms with Crippen LogP contribution >= 0.6 is 0 Å². The van der Waals surface area contributed by atoms with Crippen LogP contribution in [0.25, 0.3) is 0 Å². The Bertz CT molecular complexity index is 537. The average Bonchev–Trinajstić information content (AvgIpc) is 2.42. The standard InChI is InChI=1S/C15H18FN3/c1-3-19(14-6-4-13(16)5-7-14)15-10-12(11(2)17)8-9-18-15/h4-11H,3,17H2,1-2H3/t11-/m0/s1. The first-order valence-corrected chi connectivity index (χ1v) is 6.36. The molecule has 0 bridgehead atoms. The van der Waals surface area contributed by atoms with Gasteiger partial charge in [0.1, 0.15) is 11.6 Å². The minimum absolute atomic E-state index is 0.0336. The van der Waals surface area contributed by atoms with Crippen LogP contribution in [-0.4, -0.2) is 11.5 Å². The quantitative estimate of drug-likeness (QED) is 0.915. The molecule has 2 N–H and O–H groups in total. The fourth-order valence-electron chi connectivity index (χ4n) is 1.96. The van der Waals surface area contributed by atoms with Crippen LogP contribution in [0.4, 0.5) is 15.9 Å². The van der Waals surface area contributed by atoms with Gasteiger partial charge < -0.3 is 10.6 Å². The van der Waals surface area contributed by atoms with Crippen molar-refractivity contribution in [3.63, 3.8) is 0 Å². The van der Waals surface area contributed by atoms with Gasteiger partial charge in [-0.05, 0) is 55.8 Å². The van der Waals surface area contributed by atoms with Gasteiger partial charge in [-0.25, -0.2) is 9.37 Å². The second-order valence-corrected chi connectivity index (χ2v) is 4.46. The minimum Gasteiger partial charge on any atom is -0.327 e. The van der Waals surface area contributed by atoms with Crippen molar-refractivity contribution in [1.82, 2.24) is 4.98 Å². The molecule has 1 aromatic carbocycles. The van der Waals surface area contributed by atoms with Crippen molar-refractivity contribution in [2.45, 2.75) is 19.9 Å². The van der Waals surface area contributed by atoms with Gasteiger partial charge in [0.25, 0.3) is 0 Å². The lowest BCUT2D eigenvalue weighted by Crippen LogP contribution is -2.18. The Balaban J connectivity index is 2.36. The van der Waals surface area contributed by atoms with Crippen LogP contribution in [0.1, 0.15) is 25.5 Å². The summed E-state index contributed by atoms with van der Waals surface area (Å²) in [5.74, 6) is 0.584. The zero-order chi connectivity index (χ0) is 13.8. The van der Waals surface area contributed by atoms with Crippen LogP contribution in [0.5, 0.6) is 0 Å². The van der Waals surface area contributed by atoms with Crippen LogP contribution in [0.15, 0.2) is 42.6 Å². The van der Waals surface area contributed by atoms with Gasteiger partial charge in [0, 0.05) is 24.5 Å². The number of hydrogen-bond donors (Lipinski definition) is 1. The summed E-state index contributed by atoms with van der Waals surface area (Å²) in [5.41, 5.74) is 7.83. The summed E-state index contributed by atoms with van der Waals surface area (Å²) in [7, 11) is 0. The molecule has 2 rings (SSSR count). The SMILES string of the molecule is CCN(c1ccc(F)cc1)c1cc([C@H](C)N)ccn1. The molecule has 0 fully saturated rings. The second kappa shape index (κ2) is 5.80. The van der Waals surface area contributed by atoms with Crippen molar-refractivity contribution in [1.29, 1.82) is 0 Å². The monoisotopic (exact) mass is 259 g/mol. The van der Waals surface area contributed by atoms with Crippen molar-refractivity contribution < 1.29 is 4.39 Å². The van der Waals surface area contributed by atoms with Crippen molar-refractivity contribution in [2.24, 2.45) is 5.73 Å². The van der Waals surface area contributed by atoms with E-state index in [1.807, 2.05) is 30.9 Å². The third-order valence-electron chi connectivity index (χ3n) is 3.03. The number of rotatable bonds is 4. The molecule has 1 heterocycles. The zero-order valence-corrected chi connectivity index (χ0v) is 11.2. The highest BCUT2D eigenvalue weighted by molar-refractivity contribution is 5.60. The molecule has 4 heteroatoms. The Hall–Kier alpha value is -1.94. The van der Waals surface area contributed by atoms with E-state index >= 15 is 0 Å². The van der Waals surface area contributed by atoms with E-state index in [0.717, 1.165) is 23.6 Å². The summed E-state index contributed by atoms with van der Waals surface area (Å²) >= 11 is 0. The molecular formula is C15H18FN3. The summed E-state index contributed by atoms with van der Waals surface area (Å²) < 4.78 is 13.0. The highest BCUT2D eigenvalue weighted by Crippen LogP contribution is 2.25. The van der Waals surface area contributed by atoms with E-state index < -0.39 is 0 Å². The number of pyridine rings is 1. The van der Waals surface area contributed by atoms with Gasteiger partial charge in [-0.3, -0.25) is 0 Å². The smallest absolute Gasteiger partial charge is 0.133 e. The molecule has 0 saturated heterocycles. The third-order valence-corrected chi connectivity index (χ3v) is 3.03. The first-order valence-electron chi connectivity index (χ1n) is 6.36. The maximum Gasteiger partial charge on any atom is 0.133 e.